The molecule has 2 aliphatic rings. The first-order chi connectivity index (χ1) is 7.38. The molecule has 1 N–H and O–H groups in total. The van der Waals surface area contributed by atoms with E-state index in [2.05, 4.69) is 12.2 Å². The summed E-state index contributed by atoms with van der Waals surface area (Å²) >= 11 is 0. The molecular formula is C12H23NO2. The van der Waals surface area contributed by atoms with Crippen LogP contribution < -0.4 is 5.32 Å². The monoisotopic (exact) mass is 213 g/mol. The van der Waals surface area contributed by atoms with E-state index >= 15 is 0 Å². The zero-order chi connectivity index (χ0) is 10.5. The molecule has 1 saturated carbocycles. The van der Waals surface area contributed by atoms with Gasteiger partial charge >= 0.3 is 0 Å². The van der Waals surface area contributed by atoms with Crippen molar-refractivity contribution in [3.05, 3.63) is 0 Å². The second-order valence-electron chi connectivity index (χ2n) is 4.74. The van der Waals surface area contributed by atoms with Crippen LogP contribution in [-0.4, -0.2) is 38.5 Å². The van der Waals surface area contributed by atoms with Crippen LogP contribution in [0.25, 0.3) is 0 Å². The van der Waals surface area contributed by atoms with Gasteiger partial charge in [0.2, 0.25) is 0 Å². The number of hydrogen-bond donors (Lipinski definition) is 1. The van der Waals surface area contributed by atoms with Crippen molar-refractivity contribution >= 4 is 0 Å². The number of nitrogens with one attached hydrogen (secondary N) is 1. The molecule has 0 aromatic carbocycles. The van der Waals surface area contributed by atoms with E-state index in [0.717, 1.165) is 38.3 Å². The molecule has 0 atom stereocenters. The predicted molar refractivity (Wildman–Crippen MR) is 60.0 cm³/mol. The van der Waals surface area contributed by atoms with Crippen molar-refractivity contribution in [1.82, 2.24) is 5.32 Å². The van der Waals surface area contributed by atoms with E-state index in [1.807, 2.05) is 0 Å². The van der Waals surface area contributed by atoms with Gasteiger partial charge < -0.3 is 14.8 Å². The van der Waals surface area contributed by atoms with Crippen molar-refractivity contribution < 1.29 is 9.47 Å². The smallest absolute Gasteiger partial charge is 0.0605 e. The van der Waals surface area contributed by atoms with E-state index in [1.54, 1.807) is 0 Å². The summed E-state index contributed by atoms with van der Waals surface area (Å²) in [4.78, 5) is 0. The molecule has 1 saturated heterocycles. The van der Waals surface area contributed by atoms with Gasteiger partial charge in [0.05, 0.1) is 6.10 Å². The van der Waals surface area contributed by atoms with Gasteiger partial charge in [0.1, 0.15) is 0 Å². The molecule has 3 nitrogen and oxygen atoms in total. The molecule has 1 heterocycles. The first-order valence-electron chi connectivity index (χ1n) is 6.31. The lowest BCUT2D eigenvalue weighted by Crippen LogP contribution is -2.45. The Bertz CT molecular complexity index is 174. The number of hydrogen-bond acceptors (Lipinski definition) is 3. The molecule has 2 rings (SSSR count). The number of ether oxygens (including phenoxy) is 2. The minimum absolute atomic E-state index is 0.525. The van der Waals surface area contributed by atoms with Crippen LogP contribution in [-0.2, 0) is 9.47 Å². The Labute approximate surface area is 92.5 Å². The average molecular weight is 213 g/mol. The fourth-order valence-electron chi connectivity index (χ4n) is 2.34. The van der Waals surface area contributed by atoms with Crippen LogP contribution in [0.3, 0.4) is 0 Å². The van der Waals surface area contributed by atoms with Crippen molar-refractivity contribution in [3.63, 3.8) is 0 Å². The van der Waals surface area contributed by atoms with Gasteiger partial charge in [-0.25, -0.2) is 0 Å². The third kappa shape index (κ3) is 3.44. The van der Waals surface area contributed by atoms with Crippen LogP contribution >= 0.6 is 0 Å². The van der Waals surface area contributed by atoms with E-state index in [9.17, 15) is 0 Å². The summed E-state index contributed by atoms with van der Waals surface area (Å²) < 4.78 is 11.2. The van der Waals surface area contributed by atoms with Crippen LogP contribution in [0.1, 0.15) is 32.6 Å². The van der Waals surface area contributed by atoms with Gasteiger partial charge in [-0.3, -0.25) is 0 Å². The number of rotatable bonds is 5. The fourth-order valence-corrected chi connectivity index (χ4v) is 2.34. The lowest BCUT2D eigenvalue weighted by Gasteiger charge is -2.36. The summed E-state index contributed by atoms with van der Waals surface area (Å²) in [5.74, 6) is 0.747. The van der Waals surface area contributed by atoms with Gasteiger partial charge in [-0.1, -0.05) is 6.92 Å². The maximum Gasteiger partial charge on any atom is 0.0605 e. The fraction of sp³-hybridized carbons (Fsp3) is 1.00. The van der Waals surface area contributed by atoms with Crippen LogP contribution in [0.4, 0.5) is 0 Å². The molecule has 2 fully saturated rings. The molecule has 88 valence electrons. The molecule has 1 aliphatic carbocycles. The predicted octanol–water partition coefficient (Wildman–Crippen LogP) is 1.57. The second kappa shape index (κ2) is 5.83. The first kappa shape index (κ1) is 11.4. The third-order valence-electron chi connectivity index (χ3n) is 3.50. The minimum Gasteiger partial charge on any atom is -0.381 e. The SMILES string of the molecule is CCNC1CC(OCC2CCOCC2)C1. The van der Waals surface area contributed by atoms with Crippen LogP contribution in [0.15, 0.2) is 0 Å². The van der Waals surface area contributed by atoms with Gasteiger partial charge in [-0.05, 0) is 38.1 Å². The van der Waals surface area contributed by atoms with Crippen LogP contribution in [0.2, 0.25) is 0 Å². The minimum atomic E-state index is 0.525. The van der Waals surface area contributed by atoms with Gasteiger partial charge in [0.25, 0.3) is 0 Å². The molecule has 0 radical (unpaired) electrons. The standard InChI is InChI=1S/C12H23NO2/c1-2-13-11-7-12(8-11)15-9-10-3-5-14-6-4-10/h10-13H,2-9H2,1H3. The van der Waals surface area contributed by atoms with Gasteiger partial charge in [0, 0.05) is 25.9 Å². The highest BCUT2D eigenvalue weighted by atomic mass is 16.5. The van der Waals surface area contributed by atoms with E-state index < -0.39 is 0 Å². The summed E-state index contributed by atoms with van der Waals surface area (Å²) in [6, 6.07) is 0.717. The summed E-state index contributed by atoms with van der Waals surface area (Å²) in [5, 5.41) is 3.45. The quantitative estimate of drug-likeness (QED) is 0.752. The molecule has 0 amide bonds. The third-order valence-corrected chi connectivity index (χ3v) is 3.50. The Balaban J connectivity index is 1.52. The Kier molecular flexibility index (Phi) is 4.42. The molecule has 15 heavy (non-hydrogen) atoms. The molecule has 0 aromatic rings. The second-order valence-corrected chi connectivity index (χ2v) is 4.74. The highest BCUT2D eigenvalue weighted by molar-refractivity contribution is 4.85. The average Bonchev–Trinajstić information content (AvgIpc) is 2.23. The van der Waals surface area contributed by atoms with Gasteiger partial charge in [-0.2, -0.15) is 0 Å². The molecule has 0 spiro atoms. The highest BCUT2D eigenvalue weighted by Gasteiger charge is 2.29. The molecule has 0 unspecified atom stereocenters. The van der Waals surface area contributed by atoms with Crippen LogP contribution in [0, 0.1) is 5.92 Å². The lowest BCUT2D eigenvalue weighted by molar-refractivity contribution is -0.0504. The molecule has 0 bridgehead atoms. The van der Waals surface area contributed by atoms with Gasteiger partial charge in [-0.15, -0.1) is 0 Å². The van der Waals surface area contributed by atoms with Crippen molar-refractivity contribution in [1.29, 1.82) is 0 Å². The van der Waals surface area contributed by atoms with Gasteiger partial charge in [0.15, 0.2) is 0 Å². The molecular weight excluding hydrogens is 190 g/mol. The molecule has 0 aromatic heterocycles. The van der Waals surface area contributed by atoms with E-state index in [4.69, 9.17) is 9.47 Å². The van der Waals surface area contributed by atoms with Crippen molar-refractivity contribution in [2.24, 2.45) is 5.92 Å². The zero-order valence-corrected chi connectivity index (χ0v) is 9.71. The van der Waals surface area contributed by atoms with Crippen molar-refractivity contribution in [3.8, 4) is 0 Å². The zero-order valence-electron chi connectivity index (χ0n) is 9.71. The van der Waals surface area contributed by atoms with E-state index in [-0.39, 0.29) is 0 Å². The van der Waals surface area contributed by atoms with E-state index in [1.165, 1.54) is 25.7 Å². The molecule has 3 heteroatoms. The van der Waals surface area contributed by atoms with Crippen molar-refractivity contribution in [2.75, 3.05) is 26.4 Å². The Morgan fingerprint density at radius 3 is 2.67 bits per heavy atom. The molecule has 1 aliphatic heterocycles. The Hall–Kier alpha value is -0.120. The first-order valence-corrected chi connectivity index (χ1v) is 6.31. The summed E-state index contributed by atoms with van der Waals surface area (Å²) in [5.41, 5.74) is 0. The summed E-state index contributed by atoms with van der Waals surface area (Å²) in [7, 11) is 0. The van der Waals surface area contributed by atoms with E-state index in [0.29, 0.717) is 6.10 Å². The lowest BCUT2D eigenvalue weighted by atomic mass is 9.89. The van der Waals surface area contributed by atoms with Crippen molar-refractivity contribution in [2.45, 2.75) is 44.8 Å². The maximum atomic E-state index is 5.90. The van der Waals surface area contributed by atoms with Crippen LogP contribution in [0.5, 0.6) is 0 Å². The highest BCUT2D eigenvalue weighted by Crippen LogP contribution is 2.25. The Morgan fingerprint density at radius 2 is 2.00 bits per heavy atom. The summed E-state index contributed by atoms with van der Waals surface area (Å²) in [6.07, 6.45) is 5.30. The largest absolute Gasteiger partial charge is 0.381 e. The maximum absolute atomic E-state index is 5.90. The topological polar surface area (TPSA) is 30.5 Å². The Morgan fingerprint density at radius 1 is 1.27 bits per heavy atom. The summed E-state index contributed by atoms with van der Waals surface area (Å²) in [6.45, 7) is 6.05. The normalized spacial score (nSPS) is 32.6.